The fraction of sp³-hybridized carbons (Fsp3) is 0.286. The zero-order chi connectivity index (χ0) is 23.5. The third-order valence-corrected chi connectivity index (χ3v) is 4.65. The Morgan fingerprint density at radius 3 is 2.52 bits per heavy atom. The second-order valence-electron chi connectivity index (χ2n) is 6.96. The van der Waals surface area contributed by atoms with E-state index in [0.29, 0.717) is 22.6 Å². The van der Waals surface area contributed by atoms with Crippen molar-refractivity contribution in [3.63, 3.8) is 0 Å². The number of hydrogen-bond donors (Lipinski definition) is 3. The standard InChI is InChI=1S/C21H21F4N5O2.ClH/c1-11-6-16(22)18(30-20(31)27-4-5-32-21(23,24)25)8-14(11)15-7-13-10-28-19(26-3)9-17(13)29-12(15)2;/h6-10H,4-5H2,1-3H3,(H,26,28)(H2,27,30,31);1H. The van der Waals surface area contributed by atoms with Gasteiger partial charge in [-0.05, 0) is 43.2 Å². The number of carbonyl (C=O) groups excluding carboxylic acids is 1. The highest BCUT2D eigenvalue weighted by atomic mass is 35.5. The number of urea groups is 1. The van der Waals surface area contributed by atoms with Gasteiger partial charge in [0.1, 0.15) is 11.6 Å². The van der Waals surface area contributed by atoms with E-state index in [1.807, 2.05) is 19.1 Å². The van der Waals surface area contributed by atoms with Gasteiger partial charge in [-0.25, -0.2) is 14.2 Å². The van der Waals surface area contributed by atoms with Gasteiger partial charge in [0.15, 0.2) is 0 Å². The van der Waals surface area contributed by atoms with Crippen LogP contribution in [0.1, 0.15) is 11.3 Å². The van der Waals surface area contributed by atoms with Gasteiger partial charge in [-0.15, -0.1) is 25.6 Å². The van der Waals surface area contributed by atoms with Crippen LogP contribution >= 0.6 is 12.4 Å². The van der Waals surface area contributed by atoms with Crippen LogP contribution in [0.25, 0.3) is 22.0 Å². The van der Waals surface area contributed by atoms with Crippen LogP contribution in [-0.2, 0) is 4.74 Å². The summed E-state index contributed by atoms with van der Waals surface area (Å²) < 4.78 is 54.0. The highest BCUT2D eigenvalue weighted by molar-refractivity contribution is 5.92. The molecule has 2 aromatic heterocycles. The lowest BCUT2D eigenvalue weighted by molar-refractivity contribution is -0.323. The van der Waals surface area contributed by atoms with Crippen LogP contribution in [0.5, 0.6) is 0 Å². The van der Waals surface area contributed by atoms with E-state index in [4.69, 9.17) is 0 Å². The molecule has 0 radical (unpaired) electrons. The van der Waals surface area contributed by atoms with Crippen LogP contribution < -0.4 is 16.0 Å². The SMILES string of the molecule is CNc1cc2nc(C)c(-c3cc(NC(=O)NCCOC(F)(F)F)c(F)cc3C)cc2cn1.Cl. The number of rotatable bonds is 6. The normalized spacial score (nSPS) is 11.1. The van der Waals surface area contributed by atoms with E-state index in [1.165, 1.54) is 12.1 Å². The van der Waals surface area contributed by atoms with Crippen molar-refractivity contribution in [1.82, 2.24) is 15.3 Å². The molecular weight excluding hydrogens is 466 g/mol. The fourth-order valence-corrected chi connectivity index (χ4v) is 3.13. The summed E-state index contributed by atoms with van der Waals surface area (Å²) in [4.78, 5) is 20.9. The molecule has 2 amide bonds. The Morgan fingerprint density at radius 2 is 1.85 bits per heavy atom. The first kappa shape index (κ1) is 26.1. The summed E-state index contributed by atoms with van der Waals surface area (Å²) in [5, 5.41) is 8.23. The molecule has 33 heavy (non-hydrogen) atoms. The molecule has 0 bridgehead atoms. The van der Waals surface area contributed by atoms with Crippen LogP contribution in [-0.4, -0.2) is 42.6 Å². The second-order valence-corrected chi connectivity index (χ2v) is 6.96. The third-order valence-electron chi connectivity index (χ3n) is 4.65. The molecule has 1 aromatic carbocycles. The zero-order valence-electron chi connectivity index (χ0n) is 17.9. The molecular formula is C21H22ClF4N5O2. The number of ether oxygens (including phenoxy) is 1. The summed E-state index contributed by atoms with van der Waals surface area (Å²) in [7, 11) is 1.76. The summed E-state index contributed by atoms with van der Waals surface area (Å²) in [5.74, 6) is -0.00656. The van der Waals surface area contributed by atoms with Crippen molar-refractivity contribution >= 4 is 40.8 Å². The van der Waals surface area contributed by atoms with Crippen LogP contribution in [0, 0.1) is 19.7 Å². The molecule has 0 saturated heterocycles. The van der Waals surface area contributed by atoms with Crippen molar-refractivity contribution in [2.45, 2.75) is 20.2 Å². The predicted octanol–water partition coefficient (Wildman–Crippen LogP) is 5.17. The van der Waals surface area contributed by atoms with Crippen molar-refractivity contribution in [3.05, 3.63) is 47.5 Å². The third kappa shape index (κ3) is 6.65. The maximum atomic E-state index is 14.4. The van der Waals surface area contributed by atoms with Gasteiger partial charge in [0.2, 0.25) is 0 Å². The maximum absolute atomic E-state index is 14.4. The van der Waals surface area contributed by atoms with Crippen molar-refractivity contribution in [3.8, 4) is 11.1 Å². The Labute approximate surface area is 193 Å². The molecule has 0 aliphatic heterocycles. The molecule has 0 unspecified atom stereocenters. The number of alkyl halides is 3. The average molecular weight is 488 g/mol. The quantitative estimate of drug-likeness (QED) is 0.329. The average Bonchev–Trinajstić information content (AvgIpc) is 2.72. The number of carbonyl (C=O) groups is 1. The number of pyridine rings is 2. The number of nitrogens with zero attached hydrogens (tertiary/aromatic N) is 2. The van der Waals surface area contributed by atoms with E-state index in [-0.39, 0.29) is 18.1 Å². The minimum absolute atomic E-state index is 0. The highest BCUT2D eigenvalue weighted by Gasteiger charge is 2.28. The van der Waals surface area contributed by atoms with Gasteiger partial charge in [-0.1, -0.05) is 0 Å². The summed E-state index contributed by atoms with van der Waals surface area (Å²) in [6.07, 6.45) is -3.11. The molecule has 0 atom stereocenters. The number of aryl methyl sites for hydroxylation is 2. The van der Waals surface area contributed by atoms with Crippen LogP contribution in [0.3, 0.4) is 0 Å². The molecule has 0 fully saturated rings. The molecule has 3 rings (SSSR count). The van der Waals surface area contributed by atoms with E-state index in [1.54, 1.807) is 20.2 Å². The Hall–Kier alpha value is -3.18. The number of fused-ring (bicyclic) bond motifs is 1. The summed E-state index contributed by atoms with van der Waals surface area (Å²) in [6, 6.07) is 5.55. The van der Waals surface area contributed by atoms with Gasteiger partial charge in [0.05, 0.1) is 17.8 Å². The number of anilines is 2. The van der Waals surface area contributed by atoms with Crippen molar-refractivity contribution < 1.29 is 27.1 Å². The minimum atomic E-state index is -4.79. The molecule has 178 valence electrons. The molecule has 3 N–H and O–H groups in total. The number of halogens is 5. The first-order chi connectivity index (χ1) is 15.1. The molecule has 12 heteroatoms. The molecule has 0 saturated carbocycles. The molecule has 0 aliphatic rings. The van der Waals surface area contributed by atoms with E-state index in [0.717, 1.165) is 16.5 Å². The number of aromatic nitrogens is 2. The van der Waals surface area contributed by atoms with Gasteiger partial charge in [0.25, 0.3) is 0 Å². The lowest BCUT2D eigenvalue weighted by Crippen LogP contribution is -2.33. The Morgan fingerprint density at radius 1 is 1.12 bits per heavy atom. The zero-order valence-corrected chi connectivity index (χ0v) is 18.7. The Kier molecular flexibility index (Phi) is 8.39. The molecule has 0 spiro atoms. The number of amides is 2. The lowest BCUT2D eigenvalue weighted by atomic mass is 9.97. The van der Waals surface area contributed by atoms with Crippen LogP contribution in [0.4, 0.5) is 33.9 Å². The van der Waals surface area contributed by atoms with E-state index >= 15 is 0 Å². The monoisotopic (exact) mass is 487 g/mol. The lowest BCUT2D eigenvalue weighted by Gasteiger charge is -2.15. The largest absolute Gasteiger partial charge is 0.522 e. The summed E-state index contributed by atoms with van der Waals surface area (Å²) >= 11 is 0. The Balaban J connectivity index is 0.00000385. The van der Waals surface area contributed by atoms with E-state index in [9.17, 15) is 22.4 Å². The van der Waals surface area contributed by atoms with Crippen LogP contribution in [0.15, 0.2) is 30.5 Å². The van der Waals surface area contributed by atoms with Gasteiger partial charge >= 0.3 is 12.4 Å². The Bertz CT molecular complexity index is 1160. The predicted molar refractivity (Wildman–Crippen MR) is 120 cm³/mol. The number of hydrogen-bond acceptors (Lipinski definition) is 5. The molecule has 0 aliphatic carbocycles. The van der Waals surface area contributed by atoms with Gasteiger partial charge in [-0.3, -0.25) is 9.72 Å². The van der Waals surface area contributed by atoms with Crippen molar-refractivity contribution in [2.75, 3.05) is 30.8 Å². The summed E-state index contributed by atoms with van der Waals surface area (Å²) in [6.45, 7) is 2.38. The fourth-order valence-electron chi connectivity index (χ4n) is 3.13. The second kappa shape index (κ2) is 10.6. The number of nitrogens with one attached hydrogen (secondary N) is 3. The van der Waals surface area contributed by atoms with Gasteiger partial charge in [-0.2, -0.15) is 0 Å². The molecule has 3 aromatic rings. The maximum Gasteiger partial charge on any atom is 0.522 e. The van der Waals surface area contributed by atoms with Gasteiger partial charge < -0.3 is 16.0 Å². The van der Waals surface area contributed by atoms with E-state index < -0.39 is 31.4 Å². The topological polar surface area (TPSA) is 88.2 Å². The molecule has 7 nitrogen and oxygen atoms in total. The van der Waals surface area contributed by atoms with Crippen LogP contribution in [0.2, 0.25) is 0 Å². The minimum Gasteiger partial charge on any atom is -0.373 e. The molecule has 2 heterocycles. The van der Waals surface area contributed by atoms with Crippen molar-refractivity contribution in [2.24, 2.45) is 0 Å². The smallest absolute Gasteiger partial charge is 0.373 e. The summed E-state index contributed by atoms with van der Waals surface area (Å²) in [5.41, 5.74) is 3.31. The highest BCUT2D eigenvalue weighted by Crippen LogP contribution is 2.32. The van der Waals surface area contributed by atoms with Crippen molar-refractivity contribution in [1.29, 1.82) is 0 Å². The first-order valence-corrected chi connectivity index (χ1v) is 9.58. The van der Waals surface area contributed by atoms with E-state index in [2.05, 4.69) is 30.7 Å². The first-order valence-electron chi connectivity index (χ1n) is 9.58. The van der Waals surface area contributed by atoms with Gasteiger partial charge in [0, 0.05) is 42.5 Å². The number of benzene rings is 1.